The van der Waals surface area contributed by atoms with Crippen LogP contribution in [0.15, 0.2) is 28.8 Å². The number of aliphatic imine (C=N–C) groups is 1. The maximum absolute atomic E-state index is 3.87. The molecule has 2 heteroatoms. The molecule has 1 nitrogen and oxygen atoms in total. The van der Waals surface area contributed by atoms with Crippen LogP contribution in [0.3, 0.4) is 0 Å². The summed E-state index contributed by atoms with van der Waals surface area (Å²) in [7, 11) is 0. The molecule has 0 aliphatic rings. The van der Waals surface area contributed by atoms with Crippen molar-refractivity contribution in [2.24, 2.45) is 4.99 Å². The summed E-state index contributed by atoms with van der Waals surface area (Å²) in [5, 5.41) is 0.593. The molecule has 0 fully saturated rings. The first-order valence-electron chi connectivity index (χ1n) is 2.79. The Morgan fingerprint density at radius 1 is 1.56 bits per heavy atom. The Balaban J connectivity index is 0. The van der Waals surface area contributed by atoms with Crippen LogP contribution in [0.25, 0.3) is 0 Å². The Morgan fingerprint density at radius 3 is 2.11 bits per heavy atom. The fourth-order valence-corrected chi connectivity index (χ4v) is 0.264. The summed E-state index contributed by atoms with van der Waals surface area (Å²) in [6, 6.07) is 0. The van der Waals surface area contributed by atoms with Gasteiger partial charge in [0.25, 0.3) is 0 Å². The lowest BCUT2D eigenvalue weighted by molar-refractivity contribution is 1.50. The molecule has 0 aromatic rings. The standard InChI is InChI=1S/C5H7NS.C2H6/c1-3-4-5(7)6-2;1-2/h3-4,7H,1-2H2;1-2H3/b5-4+;. The van der Waals surface area contributed by atoms with Gasteiger partial charge in [0.2, 0.25) is 0 Å². The minimum Gasteiger partial charge on any atom is -0.258 e. The third-order valence-corrected chi connectivity index (χ3v) is 0.719. The Labute approximate surface area is 62.6 Å². The average Bonchev–Trinajstić information content (AvgIpc) is 1.93. The zero-order valence-electron chi connectivity index (χ0n) is 5.96. The van der Waals surface area contributed by atoms with Gasteiger partial charge < -0.3 is 0 Å². The van der Waals surface area contributed by atoms with Gasteiger partial charge in [-0.1, -0.05) is 26.5 Å². The SMILES string of the molecule is C=C/C=C(/S)N=C.CC. The van der Waals surface area contributed by atoms with Crippen LogP contribution in [-0.4, -0.2) is 6.72 Å². The monoisotopic (exact) mass is 143 g/mol. The van der Waals surface area contributed by atoms with Gasteiger partial charge in [-0.05, 0) is 12.8 Å². The number of nitrogens with zero attached hydrogens (tertiary/aromatic N) is 1. The lowest BCUT2D eigenvalue weighted by Gasteiger charge is -1.79. The first-order chi connectivity index (χ1) is 4.31. The lowest BCUT2D eigenvalue weighted by Crippen LogP contribution is -1.55. The van der Waals surface area contributed by atoms with Crippen molar-refractivity contribution in [3.63, 3.8) is 0 Å². The Kier molecular flexibility index (Phi) is 13.2. The molecular weight excluding hydrogens is 130 g/mol. The van der Waals surface area contributed by atoms with Gasteiger partial charge in [0, 0.05) is 0 Å². The smallest absolute Gasteiger partial charge is 0.0921 e. The van der Waals surface area contributed by atoms with E-state index in [4.69, 9.17) is 0 Å². The zero-order valence-corrected chi connectivity index (χ0v) is 6.86. The number of thiol groups is 1. The molecule has 0 amide bonds. The van der Waals surface area contributed by atoms with Gasteiger partial charge in [0.15, 0.2) is 0 Å². The van der Waals surface area contributed by atoms with Crippen molar-refractivity contribution in [3.8, 4) is 0 Å². The quantitative estimate of drug-likeness (QED) is 0.346. The second-order valence-corrected chi connectivity index (χ2v) is 1.38. The van der Waals surface area contributed by atoms with Crippen molar-refractivity contribution in [3.05, 3.63) is 23.8 Å². The van der Waals surface area contributed by atoms with Gasteiger partial charge in [-0.15, -0.1) is 12.6 Å². The van der Waals surface area contributed by atoms with E-state index >= 15 is 0 Å². The Bertz CT molecular complexity index is 105. The molecule has 0 atom stereocenters. The molecule has 0 spiro atoms. The van der Waals surface area contributed by atoms with Crippen LogP contribution in [0.2, 0.25) is 0 Å². The average molecular weight is 143 g/mol. The topological polar surface area (TPSA) is 12.4 Å². The van der Waals surface area contributed by atoms with Crippen molar-refractivity contribution in [2.45, 2.75) is 13.8 Å². The Hall–Kier alpha value is -0.500. The minimum atomic E-state index is 0.593. The third-order valence-electron chi connectivity index (χ3n) is 0.429. The van der Waals surface area contributed by atoms with E-state index in [0.29, 0.717) is 5.03 Å². The van der Waals surface area contributed by atoms with E-state index < -0.39 is 0 Å². The molecule has 0 aliphatic heterocycles. The predicted octanol–water partition coefficient (Wildman–Crippen LogP) is 2.67. The highest BCUT2D eigenvalue weighted by atomic mass is 32.1. The van der Waals surface area contributed by atoms with Crippen molar-refractivity contribution in [1.29, 1.82) is 0 Å². The van der Waals surface area contributed by atoms with Gasteiger partial charge in [0.1, 0.15) is 0 Å². The van der Waals surface area contributed by atoms with E-state index in [1.807, 2.05) is 13.8 Å². The highest BCUT2D eigenvalue weighted by Gasteiger charge is 1.71. The van der Waals surface area contributed by atoms with Crippen LogP contribution >= 0.6 is 12.6 Å². The minimum absolute atomic E-state index is 0.593. The molecule has 0 saturated carbocycles. The molecule has 0 unspecified atom stereocenters. The second kappa shape index (κ2) is 10.5. The number of rotatable bonds is 2. The zero-order chi connectivity index (χ0) is 7.70. The fourth-order valence-electron chi connectivity index (χ4n) is 0.158. The fraction of sp³-hybridized carbons (Fsp3) is 0.286. The normalized spacial score (nSPS) is 9.00. The molecular formula is C7H13NS. The highest BCUT2D eigenvalue weighted by Crippen LogP contribution is 1.98. The molecule has 0 aromatic heterocycles. The molecule has 0 saturated heterocycles. The molecule has 0 aromatic carbocycles. The van der Waals surface area contributed by atoms with Crippen LogP contribution in [-0.2, 0) is 0 Å². The maximum Gasteiger partial charge on any atom is 0.0921 e. The van der Waals surface area contributed by atoms with Crippen LogP contribution in [0.4, 0.5) is 0 Å². The molecule has 0 bridgehead atoms. The van der Waals surface area contributed by atoms with Crippen LogP contribution in [0.5, 0.6) is 0 Å². The Morgan fingerprint density at radius 2 is 2.00 bits per heavy atom. The van der Waals surface area contributed by atoms with Crippen molar-refractivity contribution in [1.82, 2.24) is 0 Å². The highest BCUT2D eigenvalue weighted by molar-refractivity contribution is 7.84. The van der Waals surface area contributed by atoms with Crippen molar-refractivity contribution >= 4 is 19.3 Å². The molecule has 0 heterocycles. The molecule has 52 valence electrons. The largest absolute Gasteiger partial charge is 0.258 e. The van der Waals surface area contributed by atoms with Gasteiger partial charge >= 0.3 is 0 Å². The van der Waals surface area contributed by atoms with E-state index in [9.17, 15) is 0 Å². The maximum atomic E-state index is 3.87. The summed E-state index contributed by atoms with van der Waals surface area (Å²) >= 11 is 3.87. The molecule has 0 rings (SSSR count). The summed E-state index contributed by atoms with van der Waals surface area (Å²) in [6.45, 7) is 10.7. The van der Waals surface area contributed by atoms with E-state index in [1.165, 1.54) is 0 Å². The van der Waals surface area contributed by atoms with Crippen LogP contribution in [0.1, 0.15) is 13.8 Å². The first-order valence-corrected chi connectivity index (χ1v) is 3.24. The van der Waals surface area contributed by atoms with Crippen LogP contribution < -0.4 is 0 Å². The third kappa shape index (κ3) is 11.2. The van der Waals surface area contributed by atoms with E-state index in [1.54, 1.807) is 12.2 Å². The molecule has 0 N–H and O–H groups in total. The molecule has 0 aliphatic carbocycles. The van der Waals surface area contributed by atoms with E-state index in [0.717, 1.165) is 0 Å². The summed E-state index contributed by atoms with van der Waals surface area (Å²) < 4.78 is 0. The van der Waals surface area contributed by atoms with E-state index in [-0.39, 0.29) is 0 Å². The summed E-state index contributed by atoms with van der Waals surface area (Å²) in [6.07, 6.45) is 3.27. The summed E-state index contributed by atoms with van der Waals surface area (Å²) in [5.41, 5.74) is 0. The van der Waals surface area contributed by atoms with Gasteiger partial charge in [0.05, 0.1) is 5.03 Å². The molecule has 0 radical (unpaired) electrons. The lowest BCUT2D eigenvalue weighted by atomic mass is 10.6. The van der Waals surface area contributed by atoms with Gasteiger partial charge in [-0.25, -0.2) is 0 Å². The number of hydrogen-bond donors (Lipinski definition) is 1. The van der Waals surface area contributed by atoms with Crippen LogP contribution in [0, 0.1) is 0 Å². The number of allylic oxidation sites excluding steroid dienone is 2. The van der Waals surface area contributed by atoms with Gasteiger partial charge in [-0.2, -0.15) is 0 Å². The van der Waals surface area contributed by atoms with Gasteiger partial charge in [-0.3, -0.25) is 4.99 Å². The summed E-state index contributed by atoms with van der Waals surface area (Å²) in [4.78, 5) is 3.48. The van der Waals surface area contributed by atoms with Crippen molar-refractivity contribution in [2.75, 3.05) is 0 Å². The van der Waals surface area contributed by atoms with E-state index in [2.05, 4.69) is 30.9 Å². The summed E-state index contributed by atoms with van der Waals surface area (Å²) in [5.74, 6) is 0. The van der Waals surface area contributed by atoms with Crippen molar-refractivity contribution < 1.29 is 0 Å². The first kappa shape index (κ1) is 11.3. The predicted molar refractivity (Wildman–Crippen MR) is 48.2 cm³/mol. The molecule has 9 heavy (non-hydrogen) atoms. The number of hydrogen-bond acceptors (Lipinski definition) is 2. The second-order valence-electron chi connectivity index (χ2n) is 0.919.